The third-order valence-corrected chi connectivity index (χ3v) is 5.13. The first-order valence-corrected chi connectivity index (χ1v) is 9.31. The van der Waals surface area contributed by atoms with Crippen molar-refractivity contribution < 1.29 is 18.7 Å². The molecule has 3 aromatic rings. The lowest BCUT2D eigenvalue weighted by Gasteiger charge is -1.97. The number of rotatable bonds is 6. The molecule has 0 saturated carbocycles. The van der Waals surface area contributed by atoms with Gasteiger partial charge >= 0.3 is 0 Å². The van der Waals surface area contributed by atoms with Crippen molar-refractivity contribution in [3.8, 4) is 5.75 Å². The van der Waals surface area contributed by atoms with Crippen LogP contribution in [-0.4, -0.2) is 21.2 Å². The van der Waals surface area contributed by atoms with Gasteiger partial charge in [0.2, 0.25) is 16.5 Å². The Morgan fingerprint density at radius 3 is 2.85 bits per heavy atom. The standard InChI is InChI=1S/C17H12FN3O4S2/c18-11-4-1-10(2-5-11)3-6-15(24)19-16-20-21-17(27-16)26-9-12-7-13(22)14(23)8-25-12/h1-8,23H,9H2,(H,19,20,24)/b6-3+. The van der Waals surface area contributed by atoms with Crippen LogP contribution in [0.2, 0.25) is 0 Å². The van der Waals surface area contributed by atoms with Crippen LogP contribution in [0.25, 0.3) is 6.08 Å². The van der Waals surface area contributed by atoms with Crippen LogP contribution in [0.15, 0.2) is 56.2 Å². The molecule has 0 fully saturated rings. The summed E-state index contributed by atoms with van der Waals surface area (Å²) in [5, 5.41) is 19.9. The highest BCUT2D eigenvalue weighted by atomic mass is 32.2. The summed E-state index contributed by atoms with van der Waals surface area (Å²) in [6.45, 7) is 0. The summed E-state index contributed by atoms with van der Waals surface area (Å²) in [5.41, 5.74) is 0.172. The molecule has 0 bridgehead atoms. The molecule has 0 spiro atoms. The van der Waals surface area contributed by atoms with Gasteiger partial charge in [0.25, 0.3) is 0 Å². The van der Waals surface area contributed by atoms with Crippen molar-refractivity contribution >= 4 is 40.2 Å². The number of carbonyl (C=O) groups excluding carboxylic acids is 1. The Morgan fingerprint density at radius 1 is 1.33 bits per heavy atom. The van der Waals surface area contributed by atoms with Gasteiger partial charge in [0.05, 0.1) is 5.75 Å². The number of hydrogen-bond donors (Lipinski definition) is 2. The fraction of sp³-hybridized carbons (Fsp3) is 0.0588. The maximum atomic E-state index is 12.8. The number of nitrogens with one attached hydrogen (secondary N) is 1. The van der Waals surface area contributed by atoms with E-state index in [4.69, 9.17) is 9.52 Å². The van der Waals surface area contributed by atoms with Crippen LogP contribution >= 0.6 is 23.1 Å². The number of aromatic nitrogens is 2. The maximum Gasteiger partial charge on any atom is 0.250 e. The maximum absolute atomic E-state index is 12.8. The summed E-state index contributed by atoms with van der Waals surface area (Å²) in [7, 11) is 0. The van der Waals surface area contributed by atoms with Gasteiger partial charge in [0, 0.05) is 12.1 Å². The van der Waals surface area contributed by atoms with E-state index in [1.807, 2.05) is 0 Å². The average Bonchev–Trinajstić information content (AvgIpc) is 3.09. The molecule has 10 heteroatoms. The normalized spacial score (nSPS) is 11.0. The van der Waals surface area contributed by atoms with E-state index in [0.717, 1.165) is 6.26 Å². The van der Waals surface area contributed by atoms with Crippen LogP contribution in [0.5, 0.6) is 5.75 Å². The zero-order chi connectivity index (χ0) is 19.2. The average molecular weight is 405 g/mol. The predicted molar refractivity (Wildman–Crippen MR) is 100 cm³/mol. The minimum Gasteiger partial charge on any atom is -0.502 e. The van der Waals surface area contributed by atoms with E-state index in [2.05, 4.69) is 15.5 Å². The van der Waals surface area contributed by atoms with Gasteiger partial charge in [-0.15, -0.1) is 10.2 Å². The van der Waals surface area contributed by atoms with E-state index in [-0.39, 0.29) is 5.82 Å². The SMILES string of the molecule is O=C(/C=C/c1ccc(F)cc1)Nc1nnc(SCc2cc(=O)c(O)co2)s1. The van der Waals surface area contributed by atoms with Crippen LogP contribution in [0.4, 0.5) is 9.52 Å². The van der Waals surface area contributed by atoms with Crippen molar-refractivity contribution in [1.29, 1.82) is 0 Å². The van der Waals surface area contributed by atoms with Gasteiger partial charge in [-0.25, -0.2) is 4.39 Å². The largest absolute Gasteiger partial charge is 0.502 e. The number of carbonyl (C=O) groups is 1. The van der Waals surface area contributed by atoms with Crippen molar-refractivity contribution in [2.75, 3.05) is 5.32 Å². The van der Waals surface area contributed by atoms with Gasteiger partial charge in [0.15, 0.2) is 10.1 Å². The van der Waals surface area contributed by atoms with E-state index in [0.29, 0.717) is 26.5 Å². The molecule has 0 atom stereocenters. The Kier molecular flexibility index (Phi) is 5.99. The smallest absolute Gasteiger partial charge is 0.250 e. The van der Waals surface area contributed by atoms with Crippen LogP contribution in [0, 0.1) is 5.82 Å². The fourth-order valence-electron chi connectivity index (χ4n) is 1.86. The second kappa shape index (κ2) is 8.60. The zero-order valence-corrected chi connectivity index (χ0v) is 15.2. The molecular weight excluding hydrogens is 393 g/mol. The van der Waals surface area contributed by atoms with Gasteiger partial charge in [-0.1, -0.05) is 35.2 Å². The topological polar surface area (TPSA) is 105 Å². The van der Waals surface area contributed by atoms with Gasteiger partial charge in [-0.2, -0.15) is 0 Å². The van der Waals surface area contributed by atoms with Gasteiger partial charge in [0.1, 0.15) is 17.8 Å². The Morgan fingerprint density at radius 2 is 2.11 bits per heavy atom. The predicted octanol–water partition coefficient (Wildman–Crippen LogP) is 3.28. The number of thioether (sulfide) groups is 1. The van der Waals surface area contributed by atoms with E-state index in [1.54, 1.807) is 18.2 Å². The van der Waals surface area contributed by atoms with Crippen LogP contribution in [0.3, 0.4) is 0 Å². The zero-order valence-electron chi connectivity index (χ0n) is 13.6. The number of nitrogens with zero attached hydrogens (tertiary/aromatic N) is 2. The lowest BCUT2D eigenvalue weighted by molar-refractivity contribution is -0.111. The summed E-state index contributed by atoms with van der Waals surface area (Å²) < 4.78 is 18.5. The van der Waals surface area contributed by atoms with E-state index in [1.165, 1.54) is 47.4 Å². The number of benzene rings is 1. The molecule has 138 valence electrons. The summed E-state index contributed by atoms with van der Waals surface area (Å²) in [5.74, 6) is -0.481. The van der Waals surface area contributed by atoms with Crippen molar-refractivity contribution in [2.45, 2.75) is 10.1 Å². The highest BCUT2D eigenvalue weighted by Crippen LogP contribution is 2.28. The molecule has 0 aliphatic carbocycles. The number of anilines is 1. The molecule has 3 rings (SSSR count). The van der Waals surface area contributed by atoms with Crippen molar-refractivity contribution in [1.82, 2.24) is 10.2 Å². The molecule has 0 unspecified atom stereocenters. The van der Waals surface area contributed by atoms with E-state index >= 15 is 0 Å². The molecule has 0 aliphatic heterocycles. The molecule has 2 N–H and O–H groups in total. The number of hydrogen-bond acceptors (Lipinski definition) is 8. The molecule has 1 amide bonds. The van der Waals surface area contributed by atoms with Gasteiger partial charge < -0.3 is 9.52 Å². The Labute approximate surface area is 160 Å². The highest BCUT2D eigenvalue weighted by Gasteiger charge is 2.09. The molecule has 7 nitrogen and oxygen atoms in total. The highest BCUT2D eigenvalue weighted by molar-refractivity contribution is 8.00. The fourth-order valence-corrected chi connectivity index (χ4v) is 3.51. The van der Waals surface area contributed by atoms with Crippen LogP contribution in [0.1, 0.15) is 11.3 Å². The summed E-state index contributed by atoms with van der Waals surface area (Å²) in [6, 6.07) is 6.93. The second-order valence-electron chi connectivity index (χ2n) is 5.13. The molecule has 0 aliphatic rings. The Balaban J connectivity index is 1.53. The number of halogens is 1. The Hall–Kier alpha value is -2.98. The molecule has 27 heavy (non-hydrogen) atoms. The summed E-state index contributed by atoms with van der Waals surface area (Å²) in [6.07, 6.45) is 3.85. The molecule has 0 radical (unpaired) electrons. The van der Waals surface area contributed by atoms with E-state index in [9.17, 15) is 14.0 Å². The Bertz CT molecular complexity index is 1030. The summed E-state index contributed by atoms with van der Waals surface area (Å²) >= 11 is 2.44. The molecule has 0 saturated heterocycles. The lowest BCUT2D eigenvalue weighted by atomic mass is 10.2. The minimum atomic E-state index is -0.519. The number of amides is 1. The first-order chi connectivity index (χ1) is 13.0. The lowest BCUT2D eigenvalue weighted by Crippen LogP contribution is -2.07. The third kappa shape index (κ3) is 5.50. The van der Waals surface area contributed by atoms with Crippen LogP contribution in [-0.2, 0) is 10.5 Å². The molecule has 2 aromatic heterocycles. The van der Waals surface area contributed by atoms with Gasteiger partial charge in [-0.05, 0) is 23.8 Å². The molecule has 1 aromatic carbocycles. The van der Waals surface area contributed by atoms with Crippen molar-refractivity contribution in [2.24, 2.45) is 0 Å². The first kappa shape index (κ1) is 18.8. The van der Waals surface area contributed by atoms with Crippen molar-refractivity contribution in [3.63, 3.8) is 0 Å². The van der Waals surface area contributed by atoms with Gasteiger partial charge in [-0.3, -0.25) is 14.9 Å². The minimum absolute atomic E-state index is 0.318. The van der Waals surface area contributed by atoms with E-state index < -0.39 is 17.1 Å². The third-order valence-electron chi connectivity index (χ3n) is 3.14. The van der Waals surface area contributed by atoms with Crippen LogP contribution < -0.4 is 10.7 Å². The second-order valence-corrected chi connectivity index (χ2v) is 7.33. The molecule has 2 heterocycles. The van der Waals surface area contributed by atoms with Crippen molar-refractivity contribution in [3.05, 3.63) is 70.0 Å². The number of aromatic hydroxyl groups is 1. The first-order valence-electron chi connectivity index (χ1n) is 7.51. The monoisotopic (exact) mass is 405 g/mol. The summed E-state index contributed by atoms with van der Waals surface area (Å²) in [4.78, 5) is 23.2. The molecular formula is C17H12FN3O4S2. The quantitative estimate of drug-likeness (QED) is 0.368.